The van der Waals surface area contributed by atoms with E-state index in [0.29, 0.717) is 29.5 Å². The van der Waals surface area contributed by atoms with Crippen LogP contribution in [0, 0.1) is 16.0 Å². The number of fused-ring (bicyclic) bond motifs is 1. The first-order valence-corrected chi connectivity index (χ1v) is 6.50. The van der Waals surface area contributed by atoms with Gasteiger partial charge >= 0.3 is 0 Å². The number of H-pyrrole nitrogens is 1. The zero-order valence-electron chi connectivity index (χ0n) is 11.0. The summed E-state index contributed by atoms with van der Waals surface area (Å²) in [5, 5.41) is 11.5. The second-order valence-electron chi connectivity index (χ2n) is 4.99. The minimum absolute atomic E-state index is 0.0429. The highest BCUT2D eigenvalue weighted by Gasteiger charge is 2.33. The van der Waals surface area contributed by atoms with Gasteiger partial charge in [0.25, 0.3) is 5.69 Å². The summed E-state index contributed by atoms with van der Waals surface area (Å²) in [5.41, 5.74) is 0.947. The van der Waals surface area contributed by atoms with Crippen molar-refractivity contribution in [2.45, 2.75) is 19.4 Å². The number of hydrogen-bond acceptors (Lipinski definition) is 4. The number of nitro groups is 1. The number of aromatic amines is 1. The van der Waals surface area contributed by atoms with E-state index >= 15 is 0 Å². The van der Waals surface area contributed by atoms with E-state index < -0.39 is 4.92 Å². The summed E-state index contributed by atoms with van der Waals surface area (Å²) in [6.07, 6.45) is 2.08. The normalized spacial score (nSPS) is 22.2. The van der Waals surface area contributed by atoms with Crippen LogP contribution in [0.25, 0.3) is 10.9 Å². The highest BCUT2D eigenvalue weighted by atomic mass is 16.6. The van der Waals surface area contributed by atoms with Gasteiger partial charge in [-0.05, 0) is 19.4 Å². The Bertz CT molecular complexity index is 692. The summed E-state index contributed by atoms with van der Waals surface area (Å²) in [6, 6.07) is 4.75. The van der Waals surface area contributed by atoms with Crippen LogP contribution in [0.3, 0.4) is 0 Å². The Hall–Kier alpha value is -2.21. The van der Waals surface area contributed by atoms with Crippen molar-refractivity contribution in [3.05, 3.63) is 40.1 Å². The van der Waals surface area contributed by atoms with E-state index in [2.05, 4.69) is 4.98 Å². The van der Waals surface area contributed by atoms with E-state index in [1.165, 1.54) is 6.07 Å². The fourth-order valence-corrected chi connectivity index (χ4v) is 2.79. The maximum Gasteiger partial charge on any atom is 0.279 e. The largest absolute Gasteiger partial charge is 0.378 e. The molecule has 3 rings (SSSR count). The number of nitrogens with zero attached hydrogens (tertiary/aromatic N) is 1. The Morgan fingerprint density at radius 2 is 2.30 bits per heavy atom. The Morgan fingerprint density at radius 1 is 1.50 bits per heavy atom. The average molecular weight is 274 g/mol. The number of hydrogen-bond donors (Lipinski definition) is 1. The number of ketones is 1. The van der Waals surface area contributed by atoms with Gasteiger partial charge in [0, 0.05) is 18.9 Å². The highest BCUT2D eigenvalue weighted by Crippen LogP contribution is 2.32. The van der Waals surface area contributed by atoms with Gasteiger partial charge in [0.2, 0.25) is 0 Å². The van der Waals surface area contributed by atoms with Gasteiger partial charge in [0.1, 0.15) is 0 Å². The number of carbonyl (C=O) groups excluding carboxylic acids is 1. The van der Waals surface area contributed by atoms with Crippen LogP contribution in [0.1, 0.15) is 23.7 Å². The zero-order valence-corrected chi connectivity index (χ0v) is 11.0. The lowest BCUT2D eigenvalue weighted by molar-refractivity contribution is -0.383. The van der Waals surface area contributed by atoms with Gasteiger partial charge in [0.15, 0.2) is 5.78 Å². The molecular weight excluding hydrogens is 260 g/mol. The molecule has 2 heterocycles. The molecule has 1 N–H and O–H groups in total. The number of Topliss-reactive ketones (excluding diaryl/α,β-unsaturated/α-hetero) is 1. The maximum absolute atomic E-state index is 12.6. The van der Waals surface area contributed by atoms with Crippen molar-refractivity contribution in [3.8, 4) is 0 Å². The molecule has 1 saturated heterocycles. The summed E-state index contributed by atoms with van der Waals surface area (Å²) in [7, 11) is 0. The number of benzene rings is 1. The van der Waals surface area contributed by atoms with E-state index in [-0.39, 0.29) is 23.5 Å². The lowest BCUT2D eigenvalue weighted by Gasteiger charge is -2.11. The quantitative estimate of drug-likeness (QED) is 0.529. The van der Waals surface area contributed by atoms with Crippen LogP contribution >= 0.6 is 0 Å². The Morgan fingerprint density at radius 3 is 2.95 bits per heavy atom. The fraction of sp³-hybridized carbons (Fsp3) is 0.357. The predicted molar refractivity (Wildman–Crippen MR) is 72.8 cm³/mol. The van der Waals surface area contributed by atoms with Crippen LogP contribution < -0.4 is 0 Å². The van der Waals surface area contributed by atoms with E-state index in [0.717, 1.165) is 0 Å². The third-order valence-electron chi connectivity index (χ3n) is 3.86. The van der Waals surface area contributed by atoms with Gasteiger partial charge in [-0.1, -0.05) is 6.07 Å². The Balaban J connectivity index is 2.12. The third kappa shape index (κ3) is 1.89. The summed E-state index contributed by atoms with van der Waals surface area (Å²) in [6.45, 7) is 2.42. The van der Waals surface area contributed by atoms with Crippen molar-refractivity contribution in [1.29, 1.82) is 0 Å². The second-order valence-corrected chi connectivity index (χ2v) is 4.99. The monoisotopic (exact) mass is 274 g/mol. The van der Waals surface area contributed by atoms with Gasteiger partial charge in [-0.25, -0.2) is 0 Å². The fourth-order valence-electron chi connectivity index (χ4n) is 2.79. The molecule has 1 aromatic carbocycles. The van der Waals surface area contributed by atoms with Crippen LogP contribution in [0.5, 0.6) is 0 Å². The van der Waals surface area contributed by atoms with Crippen molar-refractivity contribution in [2.75, 3.05) is 6.61 Å². The van der Waals surface area contributed by atoms with Crippen LogP contribution in [0.15, 0.2) is 24.4 Å². The van der Waals surface area contributed by atoms with Crippen molar-refractivity contribution in [1.82, 2.24) is 4.98 Å². The smallest absolute Gasteiger partial charge is 0.279 e. The standard InChI is InChI=1S/C14H14N2O4/c1-8-9(5-6-20-8)14(17)10-7-15-11-3-2-4-12(13(10)11)16(18)19/h2-4,7-9,15H,5-6H2,1H3. The van der Waals surface area contributed by atoms with Crippen LogP contribution in [0.4, 0.5) is 5.69 Å². The highest BCUT2D eigenvalue weighted by molar-refractivity contribution is 6.12. The van der Waals surface area contributed by atoms with Crippen molar-refractivity contribution >= 4 is 22.4 Å². The maximum atomic E-state index is 12.6. The predicted octanol–water partition coefficient (Wildman–Crippen LogP) is 2.68. The van der Waals surface area contributed by atoms with Gasteiger partial charge in [-0.3, -0.25) is 14.9 Å². The van der Waals surface area contributed by atoms with E-state index in [4.69, 9.17) is 4.74 Å². The molecule has 1 aliphatic rings. The van der Waals surface area contributed by atoms with Crippen LogP contribution in [-0.2, 0) is 4.74 Å². The minimum Gasteiger partial charge on any atom is -0.378 e. The zero-order chi connectivity index (χ0) is 14.3. The van der Waals surface area contributed by atoms with Gasteiger partial charge < -0.3 is 9.72 Å². The lowest BCUT2D eigenvalue weighted by atomic mass is 9.92. The Kier molecular flexibility index (Phi) is 3.02. The van der Waals surface area contributed by atoms with Crippen molar-refractivity contribution < 1.29 is 14.5 Å². The average Bonchev–Trinajstić information content (AvgIpc) is 3.03. The topological polar surface area (TPSA) is 85.2 Å². The molecule has 0 bridgehead atoms. The molecule has 2 aromatic rings. The number of rotatable bonds is 3. The van der Waals surface area contributed by atoms with Crippen LogP contribution in [0.2, 0.25) is 0 Å². The first kappa shape index (κ1) is 12.8. The molecular formula is C14H14N2O4. The summed E-state index contributed by atoms with van der Waals surface area (Å²) in [5.74, 6) is -0.315. The first-order chi connectivity index (χ1) is 9.59. The summed E-state index contributed by atoms with van der Waals surface area (Å²) < 4.78 is 5.41. The lowest BCUT2D eigenvalue weighted by Crippen LogP contribution is -2.21. The minimum atomic E-state index is -0.457. The van der Waals surface area contributed by atoms with E-state index in [9.17, 15) is 14.9 Å². The Labute approximate surface area is 114 Å². The van der Waals surface area contributed by atoms with E-state index in [1.807, 2.05) is 6.92 Å². The van der Waals surface area contributed by atoms with Gasteiger partial charge in [0.05, 0.1) is 33.4 Å². The van der Waals surface area contributed by atoms with Gasteiger partial charge in [-0.2, -0.15) is 0 Å². The number of ether oxygens (including phenoxy) is 1. The molecule has 0 saturated carbocycles. The number of non-ortho nitro benzene ring substituents is 1. The van der Waals surface area contributed by atoms with Crippen LogP contribution in [-0.4, -0.2) is 28.4 Å². The molecule has 0 aliphatic carbocycles. The molecule has 6 nitrogen and oxygen atoms in total. The number of carbonyl (C=O) groups is 1. The molecule has 2 unspecified atom stereocenters. The molecule has 0 radical (unpaired) electrons. The first-order valence-electron chi connectivity index (χ1n) is 6.50. The van der Waals surface area contributed by atoms with Gasteiger partial charge in [-0.15, -0.1) is 0 Å². The van der Waals surface area contributed by atoms with E-state index in [1.54, 1.807) is 18.3 Å². The molecule has 6 heteroatoms. The van der Waals surface area contributed by atoms with Crippen molar-refractivity contribution in [3.63, 3.8) is 0 Å². The molecule has 20 heavy (non-hydrogen) atoms. The number of nitrogens with one attached hydrogen (secondary N) is 1. The third-order valence-corrected chi connectivity index (χ3v) is 3.86. The summed E-state index contributed by atoms with van der Waals surface area (Å²) >= 11 is 0. The molecule has 0 amide bonds. The summed E-state index contributed by atoms with van der Waals surface area (Å²) in [4.78, 5) is 26.2. The number of aromatic nitrogens is 1. The molecule has 104 valence electrons. The molecule has 1 aromatic heterocycles. The SMILES string of the molecule is CC1OCCC1C(=O)c1c[nH]c2cccc([N+](=O)[O-])c12. The number of nitro benzene ring substituents is 1. The molecule has 1 aliphatic heterocycles. The molecule has 0 spiro atoms. The molecule has 2 atom stereocenters. The van der Waals surface area contributed by atoms with Crippen molar-refractivity contribution in [2.24, 2.45) is 5.92 Å². The second kappa shape index (κ2) is 4.72. The molecule has 1 fully saturated rings.